The van der Waals surface area contributed by atoms with Gasteiger partial charge in [-0.1, -0.05) is 38.3 Å². The monoisotopic (exact) mass is 367 g/mol. The van der Waals surface area contributed by atoms with Gasteiger partial charge in [0.05, 0.1) is 18.8 Å². The van der Waals surface area contributed by atoms with Crippen LogP contribution in [0.15, 0.2) is 12.2 Å². The molecule has 2 heterocycles. The number of carbonyl (C=O) groups excluding carboxylic acids is 1. The van der Waals surface area contributed by atoms with E-state index in [1.165, 1.54) is 45.4 Å². The van der Waals surface area contributed by atoms with E-state index >= 15 is 0 Å². The van der Waals surface area contributed by atoms with Crippen LogP contribution in [0.1, 0.15) is 71.6 Å². The van der Waals surface area contributed by atoms with Gasteiger partial charge in [0, 0.05) is 26.0 Å². The summed E-state index contributed by atoms with van der Waals surface area (Å²) in [6.07, 6.45) is 15.3. The lowest BCUT2D eigenvalue weighted by atomic mass is 9.78. The van der Waals surface area contributed by atoms with Crippen molar-refractivity contribution in [3.05, 3.63) is 12.2 Å². The minimum atomic E-state index is -0.300. The van der Waals surface area contributed by atoms with E-state index < -0.39 is 0 Å². The Kier molecular flexibility index (Phi) is 9.65. The Morgan fingerprint density at radius 3 is 2.65 bits per heavy atom. The second kappa shape index (κ2) is 11.7. The highest BCUT2D eigenvalue weighted by molar-refractivity contribution is 5.71. The lowest BCUT2D eigenvalue weighted by Gasteiger charge is -2.27. The zero-order valence-corrected chi connectivity index (χ0v) is 16.6. The summed E-state index contributed by atoms with van der Waals surface area (Å²) in [7, 11) is 0. The van der Waals surface area contributed by atoms with Crippen LogP contribution in [0.5, 0.6) is 0 Å². The summed E-state index contributed by atoms with van der Waals surface area (Å²) in [5, 5.41) is 10.1. The van der Waals surface area contributed by atoms with Crippen LogP contribution in [0.4, 0.5) is 0 Å². The van der Waals surface area contributed by atoms with Gasteiger partial charge in [0.15, 0.2) is 0 Å². The summed E-state index contributed by atoms with van der Waals surface area (Å²) in [5.74, 6) is 0.813. The first kappa shape index (κ1) is 21.4. The number of amides is 1. The van der Waals surface area contributed by atoms with Crippen LogP contribution in [-0.4, -0.2) is 48.1 Å². The molecule has 2 saturated heterocycles. The van der Waals surface area contributed by atoms with Gasteiger partial charge in [-0.2, -0.15) is 0 Å². The molecular weight excluding hydrogens is 330 g/mol. The molecule has 0 aromatic heterocycles. The van der Waals surface area contributed by atoms with Crippen molar-refractivity contribution < 1.29 is 19.5 Å². The van der Waals surface area contributed by atoms with Crippen molar-refractivity contribution in [3.63, 3.8) is 0 Å². The number of hydrogen-bond donors (Lipinski definition) is 1. The predicted molar refractivity (Wildman–Crippen MR) is 102 cm³/mol. The minimum Gasteiger partial charge on any atom is -0.381 e. The van der Waals surface area contributed by atoms with E-state index in [0.29, 0.717) is 30.6 Å². The highest BCUT2D eigenvalue weighted by Crippen LogP contribution is 2.45. The molecule has 26 heavy (non-hydrogen) atoms. The molecule has 2 rings (SSSR count). The highest BCUT2D eigenvalue weighted by Gasteiger charge is 2.48. The lowest BCUT2D eigenvalue weighted by molar-refractivity contribution is -0.162. The maximum atomic E-state index is 10.9. The summed E-state index contributed by atoms with van der Waals surface area (Å²) < 4.78 is 12.1. The summed E-state index contributed by atoms with van der Waals surface area (Å²) >= 11 is 0. The molecule has 5 heteroatoms. The molecule has 2 fully saturated rings. The predicted octanol–water partition coefficient (Wildman–Crippen LogP) is 4.34. The summed E-state index contributed by atoms with van der Waals surface area (Å²) in [4.78, 5) is 10.9. The van der Waals surface area contributed by atoms with E-state index in [1.54, 1.807) is 0 Å². The van der Waals surface area contributed by atoms with Gasteiger partial charge in [-0.15, -0.1) is 0 Å². The van der Waals surface area contributed by atoms with E-state index in [2.05, 4.69) is 19.1 Å². The molecule has 150 valence electrons. The van der Waals surface area contributed by atoms with Crippen molar-refractivity contribution in [2.24, 2.45) is 11.8 Å². The fourth-order valence-electron chi connectivity index (χ4n) is 4.17. The maximum Gasteiger partial charge on any atom is 0.242 e. The van der Waals surface area contributed by atoms with Crippen LogP contribution in [0, 0.1) is 11.8 Å². The number of nitrogens with zero attached hydrogens (tertiary/aromatic N) is 1. The van der Waals surface area contributed by atoms with Gasteiger partial charge in [0.2, 0.25) is 5.91 Å². The molecule has 0 spiro atoms. The SMILES string of the molecule is CCCCCCOC[C@H]1[C@@H](C/C=C\CCCN(O)C(C)=O)[C@H]2CC[C@@H]1O2. The minimum absolute atomic E-state index is 0.300. The van der Waals surface area contributed by atoms with E-state index in [0.717, 1.165) is 37.5 Å². The number of rotatable bonds is 13. The Morgan fingerprint density at radius 1 is 1.15 bits per heavy atom. The van der Waals surface area contributed by atoms with Crippen molar-refractivity contribution in [3.8, 4) is 0 Å². The first-order valence-corrected chi connectivity index (χ1v) is 10.5. The topological polar surface area (TPSA) is 59.0 Å². The average molecular weight is 368 g/mol. The fraction of sp³-hybridized carbons (Fsp3) is 0.857. The molecule has 0 unspecified atom stereocenters. The normalized spacial score (nSPS) is 27.5. The number of hydrogen-bond acceptors (Lipinski definition) is 4. The molecule has 1 amide bonds. The molecule has 2 aliphatic heterocycles. The largest absolute Gasteiger partial charge is 0.381 e. The number of ether oxygens (including phenoxy) is 2. The number of unbranched alkanes of at least 4 members (excludes halogenated alkanes) is 4. The third kappa shape index (κ3) is 6.67. The zero-order chi connectivity index (χ0) is 18.8. The van der Waals surface area contributed by atoms with E-state index in [4.69, 9.17) is 9.47 Å². The smallest absolute Gasteiger partial charge is 0.242 e. The lowest BCUT2D eigenvalue weighted by Crippen LogP contribution is -2.30. The molecular formula is C21H37NO4. The Bertz CT molecular complexity index is 440. The van der Waals surface area contributed by atoms with Crippen LogP contribution in [0.2, 0.25) is 0 Å². The molecule has 4 atom stereocenters. The number of carbonyl (C=O) groups is 1. The van der Waals surface area contributed by atoms with Gasteiger partial charge in [0.25, 0.3) is 0 Å². The quantitative estimate of drug-likeness (QED) is 0.228. The van der Waals surface area contributed by atoms with Crippen LogP contribution in [-0.2, 0) is 14.3 Å². The van der Waals surface area contributed by atoms with Gasteiger partial charge in [-0.25, -0.2) is 5.06 Å². The van der Waals surface area contributed by atoms with E-state index in [9.17, 15) is 10.0 Å². The van der Waals surface area contributed by atoms with Gasteiger partial charge in [-0.05, 0) is 44.4 Å². The molecule has 0 saturated carbocycles. The summed E-state index contributed by atoms with van der Waals surface area (Å²) in [5.41, 5.74) is 0. The molecule has 2 aliphatic rings. The fourth-order valence-corrected chi connectivity index (χ4v) is 4.17. The first-order chi connectivity index (χ1) is 12.6. The zero-order valence-electron chi connectivity index (χ0n) is 16.6. The molecule has 0 radical (unpaired) electrons. The summed E-state index contributed by atoms with van der Waals surface area (Å²) in [6, 6.07) is 0. The second-order valence-electron chi connectivity index (χ2n) is 7.75. The van der Waals surface area contributed by atoms with Gasteiger partial charge >= 0.3 is 0 Å². The Balaban J connectivity index is 1.64. The third-order valence-corrected chi connectivity index (χ3v) is 5.72. The van der Waals surface area contributed by atoms with Crippen LogP contribution >= 0.6 is 0 Å². The third-order valence-electron chi connectivity index (χ3n) is 5.72. The first-order valence-electron chi connectivity index (χ1n) is 10.5. The van der Waals surface area contributed by atoms with E-state index in [1.807, 2.05) is 0 Å². The molecule has 0 aliphatic carbocycles. The van der Waals surface area contributed by atoms with Crippen molar-refractivity contribution in [1.29, 1.82) is 0 Å². The molecule has 2 bridgehead atoms. The van der Waals surface area contributed by atoms with Crippen molar-refractivity contribution in [2.45, 2.75) is 83.8 Å². The highest BCUT2D eigenvalue weighted by atomic mass is 16.5. The maximum absolute atomic E-state index is 10.9. The van der Waals surface area contributed by atoms with Crippen LogP contribution < -0.4 is 0 Å². The standard InChI is InChI=1S/C21H37NO4/c1-3-4-5-10-15-25-16-19-18(20-12-13-21(19)26-20)11-8-6-7-9-14-22(24)17(2)23/h6,8,18-21,24H,3-5,7,9-16H2,1-2H3/b8-6-/t18-,19+,20-,21+/m1/s1. The van der Waals surface area contributed by atoms with Crippen LogP contribution in [0.3, 0.4) is 0 Å². The molecule has 0 aromatic carbocycles. The molecule has 1 N–H and O–H groups in total. The van der Waals surface area contributed by atoms with Crippen LogP contribution in [0.25, 0.3) is 0 Å². The van der Waals surface area contributed by atoms with Gasteiger partial charge in [-0.3, -0.25) is 10.0 Å². The van der Waals surface area contributed by atoms with E-state index in [-0.39, 0.29) is 5.91 Å². The summed E-state index contributed by atoms with van der Waals surface area (Å²) in [6.45, 7) is 5.71. The Hall–Kier alpha value is -0.910. The number of hydroxylamine groups is 2. The molecule has 5 nitrogen and oxygen atoms in total. The Morgan fingerprint density at radius 2 is 1.92 bits per heavy atom. The number of fused-ring (bicyclic) bond motifs is 2. The Labute approximate surface area is 158 Å². The average Bonchev–Trinajstić information content (AvgIpc) is 3.22. The van der Waals surface area contributed by atoms with Gasteiger partial charge in [0.1, 0.15) is 0 Å². The van der Waals surface area contributed by atoms with Crippen molar-refractivity contribution in [1.82, 2.24) is 5.06 Å². The van der Waals surface area contributed by atoms with Gasteiger partial charge < -0.3 is 9.47 Å². The molecule has 0 aromatic rings. The van der Waals surface area contributed by atoms with Crippen molar-refractivity contribution in [2.75, 3.05) is 19.8 Å². The number of allylic oxidation sites excluding steroid dienone is 2. The second-order valence-corrected chi connectivity index (χ2v) is 7.75. The van der Waals surface area contributed by atoms with Crippen molar-refractivity contribution >= 4 is 5.91 Å².